The van der Waals surface area contributed by atoms with Crippen LogP contribution in [0.25, 0.3) is 0 Å². The minimum atomic E-state index is -0.376. The molecule has 0 aromatic carbocycles. The number of rotatable bonds is 3. The average Bonchev–Trinajstić information content (AvgIpc) is 2.72. The number of nitrogens with zero attached hydrogens (tertiary/aromatic N) is 3. The summed E-state index contributed by atoms with van der Waals surface area (Å²) in [5.41, 5.74) is 0.620. The highest BCUT2D eigenvalue weighted by atomic mass is 16.2. The quantitative estimate of drug-likeness (QED) is 0.896. The molecule has 1 aromatic heterocycles. The summed E-state index contributed by atoms with van der Waals surface area (Å²) < 4.78 is 0. The lowest BCUT2D eigenvalue weighted by atomic mass is 9.74. The third kappa shape index (κ3) is 2.02. The molecule has 0 unspecified atom stereocenters. The lowest BCUT2D eigenvalue weighted by Gasteiger charge is -2.37. The van der Waals surface area contributed by atoms with Crippen LogP contribution < -0.4 is 5.32 Å². The number of amides is 1. The third-order valence-electron chi connectivity index (χ3n) is 4.43. The van der Waals surface area contributed by atoms with Crippen LogP contribution in [0.5, 0.6) is 0 Å². The fourth-order valence-corrected chi connectivity index (χ4v) is 3.17. The number of hydrogen-bond acceptors (Lipinski definition) is 4. The Morgan fingerprint density at radius 3 is 2.95 bits per heavy atom. The van der Waals surface area contributed by atoms with E-state index in [4.69, 9.17) is 0 Å². The summed E-state index contributed by atoms with van der Waals surface area (Å²) in [4.78, 5) is 23.1. The predicted molar refractivity (Wildman–Crippen MR) is 72.9 cm³/mol. The van der Waals surface area contributed by atoms with Gasteiger partial charge in [0.05, 0.1) is 5.41 Å². The molecule has 19 heavy (non-hydrogen) atoms. The third-order valence-corrected chi connectivity index (χ3v) is 4.43. The number of nitrogens with one attached hydrogen (secondary N) is 1. The van der Waals surface area contributed by atoms with Gasteiger partial charge in [-0.1, -0.05) is 13.3 Å². The average molecular weight is 260 g/mol. The molecule has 5 heteroatoms. The minimum Gasteiger partial charge on any atom is -0.310 e. The molecular weight excluding hydrogens is 240 g/mol. The van der Waals surface area contributed by atoms with Crippen LogP contribution >= 0.6 is 0 Å². The summed E-state index contributed by atoms with van der Waals surface area (Å²) in [5, 5.41) is 2.91. The van der Waals surface area contributed by atoms with Gasteiger partial charge in [0.25, 0.3) is 0 Å². The van der Waals surface area contributed by atoms with Gasteiger partial charge in [-0.15, -0.1) is 0 Å². The molecule has 0 aliphatic carbocycles. The molecule has 3 rings (SSSR count). The summed E-state index contributed by atoms with van der Waals surface area (Å²) >= 11 is 0. The monoisotopic (exact) mass is 260 g/mol. The zero-order valence-corrected chi connectivity index (χ0v) is 11.4. The number of anilines is 1. The molecule has 0 bridgehead atoms. The molecule has 1 fully saturated rings. The lowest BCUT2D eigenvalue weighted by Crippen LogP contribution is -2.46. The van der Waals surface area contributed by atoms with E-state index in [2.05, 4.69) is 27.1 Å². The number of aromatic nitrogens is 2. The molecule has 1 spiro atoms. The van der Waals surface area contributed by atoms with Gasteiger partial charge in [-0.2, -0.15) is 0 Å². The van der Waals surface area contributed by atoms with Crippen molar-refractivity contribution >= 4 is 11.7 Å². The minimum absolute atomic E-state index is 0.109. The Labute approximate surface area is 113 Å². The number of carbonyl (C=O) groups excluding carboxylic acids is 1. The number of unbranched alkanes of at least 4 members (excludes halogenated alkanes) is 1. The van der Waals surface area contributed by atoms with Crippen molar-refractivity contribution in [3.63, 3.8) is 0 Å². The van der Waals surface area contributed by atoms with Crippen molar-refractivity contribution in [2.24, 2.45) is 0 Å². The maximum atomic E-state index is 12.3. The zero-order chi connectivity index (χ0) is 13.3. The Balaban J connectivity index is 1.77. The van der Waals surface area contributed by atoms with Crippen molar-refractivity contribution in [2.45, 2.75) is 38.0 Å². The first kappa shape index (κ1) is 12.5. The van der Waals surface area contributed by atoms with Crippen molar-refractivity contribution < 1.29 is 4.79 Å². The SMILES string of the molecule is CCCCN1CCC2(CC1)C(=O)Nc1ncncc12. The molecule has 5 nitrogen and oxygen atoms in total. The van der Waals surface area contributed by atoms with Crippen LogP contribution in [-0.4, -0.2) is 40.4 Å². The Bertz CT molecular complexity index is 480. The van der Waals surface area contributed by atoms with E-state index in [0.717, 1.165) is 38.0 Å². The van der Waals surface area contributed by atoms with Crippen LogP contribution in [0.1, 0.15) is 38.2 Å². The van der Waals surface area contributed by atoms with Crippen molar-refractivity contribution in [2.75, 3.05) is 25.0 Å². The number of piperidine rings is 1. The van der Waals surface area contributed by atoms with Gasteiger partial charge in [0.1, 0.15) is 12.1 Å². The molecule has 0 saturated carbocycles. The van der Waals surface area contributed by atoms with Gasteiger partial charge in [0.15, 0.2) is 0 Å². The van der Waals surface area contributed by atoms with Gasteiger partial charge in [0.2, 0.25) is 5.91 Å². The van der Waals surface area contributed by atoms with Crippen molar-refractivity contribution in [3.8, 4) is 0 Å². The zero-order valence-electron chi connectivity index (χ0n) is 11.4. The molecule has 1 saturated heterocycles. The van der Waals surface area contributed by atoms with Crippen LogP contribution in [0.4, 0.5) is 5.82 Å². The molecule has 1 amide bonds. The van der Waals surface area contributed by atoms with E-state index in [9.17, 15) is 4.79 Å². The van der Waals surface area contributed by atoms with Crippen molar-refractivity contribution in [3.05, 3.63) is 18.1 Å². The second-order valence-electron chi connectivity index (χ2n) is 5.52. The molecule has 3 heterocycles. The molecule has 0 atom stereocenters. The van der Waals surface area contributed by atoms with Crippen LogP contribution in [0, 0.1) is 0 Å². The second kappa shape index (κ2) is 4.89. The maximum absolute atomic E-state index is 12.3. The summed E-state index contributed by atoms with van der Waals surface area (Å²) in [6.45, 7) is 5.33. The van der Waals surface area contributed by atoms with Crippen molar-refractivity contribution in [1.82, 2.24) is 14.9 Å². The van der Waals surface area contributed by atoms with E-state index in [1.54, 1.807) is 0 Å². The van der Waals surface area contributed by atoms with Gasteiger partial charge in [0, 0.05) is 11.8 Å². The van der Waals surface area contributed by atoms with Gasteiger partial charge in [-0.05, 0) is 38.9 Å². The van der Waals surface area contributed by atoms with E-state index >= 15 is 0 Å². The smallest absolute Gasteiger partial charge is 0.236 e. The van der Waals surface area contributed by atoms with E-state index < -0.39 is 0 Å². The highest BCUT2D eigenvalue weighted by Crippen LogP contribution is 2.43. The summed E-state index contributed by atoms with van der Waals surface area (Å²) in [7, 11) is 0. The standard InChI is InChI=1S/C14H20N4O/c1-2-3-6-18-7-4-14(5-8-18)11-9-15-10-16-12(11)17-13(14)19/h9-10H,2-8H2,1H3,(H,15,16,17,19). The lowest BCUT2D eigenvalue weighted by molar-refractivity contribution is -0.122. The Hall–Kier alpha value is -1.49. The highest BCUT2D eigenvalue weighted by molar-refractivity contribution is 6.05. The summed E-state index contributed by atoms with van der Waals surface area (Å²) in [6.07, 6.45) is 7.51. The maximum Gasteiger partial charge on any atom is 0.236 e. The molecule has 1 aromatic rings. The second-order valence-corrected chi connectivity index (χ2v) is 5.52. The Morgan fingerprint density at radius 2 is 2.21 bits per heavy atom. The van der Waals surface area contributed by atoms with Gasteiger partial charge < -0.3 is 10.2 Å². The van der Waals surface area contributed by atoms with Gasteiger partial charge in [-0.3, -0.25) is 4.79 Å². The molecule has 0 radical (unpaired) electrons. The molecular formula is C14H20N4O. The number of likely N-dealkylation sites (tertiary alicyclic amines) is 1. The fourth-order valence-electron chi connectivity index (χ4n) is 3.17. The normalized spacial score (nSPS) is 21.4. The van der Waals surface area contributed by atoms with Crippen LogP contribution in [0.15, 0.2) is 12.5 Å². The number of hydrogen-bond donors (Lipinski definition) is 1. The largest absolute Gasteiger partial charge is 0.310 e. The highest BCUT2D eigenvalue weighted by Gasteiger charge is 2.49. The summed E-state index contributed by atoms with van der Waals surface area (Å²) in [6, 6.07) is 0. The van der Waals surface area contributed by atoms with Gasteiger partial charge in [-0.25, -0.2) is 9.97 Å². The molecule has 1 N–H and O–H groups in total. The molecule has 2 aliphatic rings. The number of carbonyl (C=O) groups is 1. The van der Waals surface area contributed by atoms with E-state index in [1.165, 1.54) is 19.2 Å². The Kier molecular flexibility index (Phi) is 3.22. The molecule has 102 valence electrons. The number of fused-ring (bicyclic) bond motifs is 2. The van der Waals surface area contributed by atoms with Crippen LogP contribution in [-0.2, 0) is 10.2 Å². The van der Waals surface area contributed by atoms with E-state index in [1.807, 2.05) is 6.20 Å². The fraction of sp³-hybridized carbons (Fsp3) is 0.643. The van der Waals surface area contributed by atoms with E-state index in [0.29, 0.717) is 5.82 Å². The van der Waals surface area contributed by atoms with Crippen LogP contribution in [0.3, 0.4) is 0 Å². The first-order chi connectivity index (χ1) is 9.26. The van der Waals surface area contributed by atoms with E-state index in [-0.39, 0.29) is 11.3 Å². The predicted octanol–water partition coefficient (Wildman–Crippen LogP) is 1.56. The van der Waals surface area contributed by atoms with Gasteiger partial charge >= 0.3 is 0 Å². The first-order valence-corrected chi connectivity index (χ1v) is 7.10. The van der Waals surface area contributed by atoms with Crippen molar-refractivity contribution in [1.29, 1.82) is 0 Å². The topological polar surface area (TPSA) is 58.1 Å². The van der Waals surface area contributed by atoms with Crippen LogP contribution in [0.2, 0.25) is 0 Å². The first-order valence-electron chi connectivity index (χ1n) is 7.10. The summed E-state index contributed by atoms with van der Waals surface area (Å²) in [5.74, 6) is 0.820. The Morgan fingerprint density at radius 1 is 1.42 bits per heavy atom. The molecule has 2 aliphatic heterocycles.